The number of benzene rings is 1. The Labute approximate surface area is 162 Å². The van der Waals surface area contributed by atoms with E-state index in [2.05, 4.69) is 10.1 Å². The first-order valence-corrected chi connectivity index (χ1v) is 8.65. The molecule has 0 bridgehead atoms. The number of pyridine rings is 1. The van der Waals surface area contributed by atoms with Crippen LogP contribution in [0.3, 0.4) is 0 Å². The van der Waals surface area contributed by atoms with E-state index in [-0.39, 0.29) is 29.2 Å². The summed E-state index contributed by atoms with van der Waals surface area (Å²) in [5.41, 5.74) is -0.523. The van der Waals surface area contributed by atoms with Crippen molar-refractivity contribution >= 4 is 23.4 Å². The molecule has 1 heterocycles. The van der Waals surface area contributed by atoms with Crippen molar-refractivity contribution in [1.82, 2.24) is 4.98 Å². The molecule has 1 N–H and O–H groups in total. The SMILES string of the molecule is CCN(C(=O)OC(C)(C)C)c1cc(/C(=N\O)C(=O)c2ccc(F)cc2)ccn1. The summed E-state index contributed by atoms with van der Waals surface area (Å²) < 4.78 is 18.4. The van der Waals surface area contributed by atoms with Gasteiger partial charge in [0.2, 0.25) is 5.78 Å². The minimum atomic E-state index is -0.682. The molecule has 0 spiro atoms. The number of halogens is 1. The van der Waals surface area contributed by atoms with Crippen molar-refractivity contribution in [3.05, 3.63) is 59.5 Å². The average molecular weight is 387 g/mol. The highest BCUT2D eigenvalue weighted by Gasteiger charge is 2.24. The molecule has 1 aromatic heterocycles. The normalized spacial score (nSPS) is 11.8. The molecule has 0 aliphatic carbocycles. The predicted octanol–water partition coefficient (Wildman–Crippen LogP) is 4.04. The minimum Gasteiger partial charge on any atom is -0.443 e. The van der Waals surface area contributed by atoms with Gasteiger partial charge >= 0.3 is 6.09 Å². The van der Waals surface area contributed by atoms with Crippen LogP contribution in [0.4, 0.5) is 15.0 Å². The Bertz CT molecular complexity index is 889. The molecule has 1 aromatic carbocycles. The molecule has 0 saturated heterocycles. The Morgan fingerprint density at radius 3 is 2.36 bits per heavy atom. The number of aromatic nitrogens is 1. The number of carbonyl (C=O) groups is 2. The fraction of sp³-hybridized carbons (Fsp3) is 0.300. The molecule has 0 fully saturated rings. The number of hydrogen-bond donors (Lipinski definition) is 1. The minimum absolute atomic E-state index is 0.159. The van der Waals surface area contributed by atoms with Crippen LogP contribution in [0.25, 0.3) is 0 Å². The lowest BCUT2D eigenvalue weighted by atomic mass is 10.0. The van der Waals surface area contributed by atoms with Gasteiger partial charge in [0.05, 0.1) is 0 Å². The number of amides is 1. The Kier molecular flexibility index (Phi) is 6.45. The van der Waals surface area contributed by atoms with E-state index in [1.54, 1.807) is 27.7 Å². The predicted molar refractivity (Wildman–Crippen MR) is 103 cm³/mol. The number of nitrogens with zero attached hydrogens (tertiary/aromatic N) is 3. The molecule has 0 radical (unpaired) electrons. The summed E-state index contributed by atoms with van der Waals surface area (Å²) in [4.78, 5) is 30.5. The van der Waals surface area contributed by atoms with Gasteiger partial charge in [0, 0.05) is 23.9 Å². The van der Waals surface area contributed by atoms with E-state index < -0.39 is 23.3 Å². The number of ketones is 1. The van der Waals surface area contributed by atoms with E-state index in [1.165, 1.54) is 35.4 Å². The fourth-order valence-corrected chi connectivity index (χ4v) is 2.39. The topological polar surface area (TPSA) is 92.1 Å². The summed E-state index contributed by atoms with van der Waals surface area (Å²) in [6, 6.07) is 7.80. The lowest BCUT2D eigenvalue weighted by Gasteiger charge is -2.26. The molecular weight excluding hydrogens is 365 g/mol. The van der Waals surface area contributed by atoms with E-state index in [9.17, 15) is 19.2 Å². The summed E-state index contributed by atoms with van der Waals surface area (Å²) in [6.07, 6.45) is 0.799. The van der Waals surface area contributed by atoms with Gasteiger partial charge in [-0.1, -0.05) is 5.16 Å². The molecule has 0 aliphatic rings. The van der Waals surface area contributed by atoms with Gasteiger partial charge in [-0.25, -0.2) is 14.2 Å². The zero-order chi connectivity index (χ0) is 20.9. The third-order valence-electron chi connectivity index (χ3n) is 3.65. The highest BCUT2D eigenvalue weighted by atomic mass is 19.1. The van der Waals surface area contributed by atoms with Crippen molar-refractivity contribution in [2.24, 2.45) is 5.16 Å². The van der Waals surface area contributed by atoms with Gasteiger partial charge in [-0.3, -0.25) is 9.69 Å². The van der Waals surface area contributed by atoms with Gasteiger partial charge in [-0.05, 0) is 64.1 Å². The van der Waals surface area contributed by atoms with Crippen molar-refractivity contribution in [3.63, 3.8) is 0 Å². The van der Waals surface area contributed by atoms with Gasteiger partial charge in [-0.15, -0.1) is 0 Å². The van der Waals surface area contributed by atoms with Gasteiger partial charge in [0.1, 0.15) is 17.2 Å². The van der Waals surface area contributed by atoms with Crippen LogP contribution in [0.1, 0.15) is 43.6 Å². The number of hydrogen-bond acceptors (Lipinski definition) is 6. The Morgan fingerprint density at radius 2 is 1.82 bits per heavy atom. The molecule has 2 rings (SSSR count). The van der Waals surface area contributed by atoms with E-state index >= 15 is 0 Å². The summed E-state index contributed by atoms with van der Waals surface area (Å²) in [5.74, 6) is -0.844. The van der Waals surface area contributed by atoms with Crippen molar-refractivity contribution in [3.8, 4) is 0 Å². The Hall–Kier alpha value is -3.29. The van der Waals surface area contributed by atoms with Crippen molar-refractivity contribution in [1.29, 1.82) is 0 Å². The van der Waals surface area contributed by atoms with Crippen molar-refractivity contribution in [2.45, 2.75) is 33.3 Å². The monoisotopic (exact) mass is 387 g/mol. The second kappa shape index (κ2) is 8.60. The van der Waals surface area contributed by atoms with Crippen LogP contribution in [0.15, 0.2) is 47.8 Å². The smallest absolute Gasteiger partial charge is 0.415 e. The highest BCUT2D eigenvalue weighted by Crippen LogP contribution is 2.19. The molecule has 1 amide bonds. The highest BCUT2D eigenvalue weighted by molar-refractivity contribution is 6.51. The van der Waals surface area contributed by atoms with Crippen LogP contribution in [-0.4, -0.2) is 39.9 Å². The van der Waals surface area contributed by atoms with E-state index in [4.69, 9.17) is 4.74 Å². The third-order valence-corrected chi connectivity index (χ3v) is 3.65. The first kappa shape index (κ1) is 21.0. The number of rotatable bonds is 5. The van der Waals surface area contributed by atoms with Gasteiger partial charge < -0.3 is 9.94 Å². The van der Waals surface area contributed by atoms with E-state index in [1.807, 2.05) is 0 Å². The molecule has 148 valence electrons. The largest absolute Gasteiger partial charge is 0.443 e. The zero-order valence-electron chi connectivity index (χ0n) is 16.1. The van der Waals surface area contributed by atoms with Crippen LogP contribution in [0.5, 0.6) is 0 Å². The second-order valence-electron chi connectivity index (χ2n) is 6.91. The Balaban J connectivity index is 2.35. The maximum atomic E-state index is 13.1. The number of oxime groups is 1. The maximum absolute atomic E-state index is 13.1. The molecule has 2 aromatic rings. The number of ether oxygens (including phenoxy) is 1. The summed E-state index contributed by atoms with van der Waals surface area (Å²) in [5, 5.41) is 12.5. The maximum Gasteiger partial charge on any atom is 0.415 e. The van der Waals surface area contributed by atoms with Crippen molar-refractivity contribution in [2.75, 3.05) is 11.4 Å². The first-order chi connectivity index (χ1) is 13.2. The lowest BCUT2D eigenvalue weighted by Crippen LogP contribution is -2.37. The molecule has 8 heteroatoms. The third kappa shape index (κ3) is 5.12. The summed E-state index contributed by atoms with van der Waals surface area (Å²) in [7, 11) is 0. The molecule has 7 nitrogen and oxygen atoms in total. The number of Topliss-reactive ketones (excluding diaryl/α,β-unsaturated/α-hetero) is 1. The van der Waals surface area contributed by atoms with Gasteiger partial charge in [0.25, 0.3) is 0 Å². The molecular formula is C20H22FN3O4. The quantitative estimate of drug-likeness (QED) is 0.362. The van der Waals surface area contributed by atoms with Gasteiger partial charge in [-0.2, -0.15) is 0 Å². The van der Waals surface area contributed by atoms with Crippen LogP contribution in [0.2, 0.25) is 0 Å². The average Bonchev–Trinajstić information content (AvgIpc) is 2.62. The van der Waals surface area contributed by atoms with E-state index in [0.29, 0.717) is 0 Å². The van der Waals surface area contributed by atoms with Crippen LogP contribution < -0.4 is 4.90 Å². The Morgan fingerprint density at radius 1 is 1.18 bits per heavy atom. The zero-order valence-corrected chi connectivity index (χ0v) is 16.1. The second-order valence-corrected chi connectivity index (χ2v) is 6.91. The molecule has 28 heavy (non-hydrogen) atoms. The first-order valence-electron chi connectivity index (χ1n) is 8.65. The van der Waals surface area contributed by atoms with Crippen LogP contribution in [-0.2, 0) is 4.74 Å². The lowest BCUT2D eigenvalue weighted by molar-refractivity contribution is 0.0581. The van der Waals surface area contributed by atoms with Crippen molar-refractivity contribution < 1.29 is 23.9 Å². The molecule has 0 saturated carbocycles. The van der Waals surface area contributed by atoms with Crippen LogP contribution >= 0.6 is 0 Å². The standard InChI is InChI=1S/C20H22FN3O4/c1-5-24(19(26)28-20(2,3)4)16-12-14(10-11-22-16)17(23-27)18(25)13-6-8-15(21)9-7-13/h6-12,27H,5H2,1-4H3/b23-17+. The van der Waals surface area contributed by atoms with Crippen LogP contribution in [0, 0.1) is 5.82 Å². The summed E-state index contributed by atoms with van der Waals surface area (Å²) >= 11 is 0. The fourth-order valence-electron chi connectivity index (χ4n) is 2.39. The van der Waals surface area contributed by atoms with E-state index in [0.717, 1.165) is 12.1 Å². The molecule has 0 aliphatic heterocycles. The molecule has 0 atom stereocenters. The number of carbonyl (C=O) groups excluding carboxylic acids is 2. The van der Waals surface area contributed by atoms with Gasteiger partial charge in [0.15, 0.2) is 5.71 Å². The summed E-state index contributed by atoms with van der Waals surface area (Å²) in [6.45, 7) is 7.29. The number of anilines is 1. The molecule has 0 unspecified atom stereocenters.